The first-order chi connectivity index (χ1) is 25.1. The summed E-state index contributed by atoms with van der Waals surface area (Å²) in [5.41, 5.74) is 8.01. The van der Waals surface area contributed by atoms with Crippen LogP contribution in [0.15, 0.2) is 24.3 Å². The van der Waals surface area contributed by atoms with Gasteiger partial charge in [-0.3, -0.25) is 4.79 Å². The molecule has 19 atom stereocenters. The van der Waals surface area contributed by atoms with Gasteiger partial charge in [-0.1, -0.05) is 20.1 Å². The standard InChI is InChI=1S/C40H59NO11/c1-19-11-24-5-7-28-20(2)12-26(45-28)9-10-40-17-33-36(51-40)37-38(50-33)39(52-40)35-29(49-37)8-6-25(47-35)13-22(42)14-27-31(16-30(46-24)21(19)3)48-32(34(27)44-4)15-23(43)18-41/h19,23-39,43H,2-3,5-18,41H2,1,4H3/t19-,23+,24+,25-,26+,27+,28+,29+,30-,31+,32-,33-,34-,35+,36+,37+,38-,39-,40-/m1/s1. The van der Waals surface area contributed by atoms with E-state index in [2.05, 4.69) is 20.1 Å². The maximum absolute atomic E-state index is 14.1. The highest BCUT2D eigenvalue weighted by Crippen LogP contribution is 2.54. The molecule has 12 heteroatoms. The van der Waals surface area contributed by atoms with E-state index in [1.807, 2.05) is 0 Å². The fraction of sp³-hybridized carbons (Fsp3) is 0.875. The predicted molar refractivity (Wildman–Crippen MR) is 186 cm³/mol. The van der Waals surface area contributed by atoms with Crippen LogP contribution >= 0.6 is 0 Å². The van der Waals surface area contributed by atoms with Crippen molar-refractivity contribution >= 4 is 5.78 Å². The Morgan fingerprint density at radius 3 is 2.38 bits per heavy atom. The summed E-state index contributed by atoms with van der Waals surface area (Å²) in [5.74, 6) is -0.619. The van der Waals surface area contributed by atoms with Gasteiger partial charge in [0.25, 0.3) is 0 Å². The smallest absolute Gasteiger partial charge is 0.172 e. The van der Waals surface area contributed by atoms with E-state index in [0.717, 1.165) is 56.1 Å². The third-order valence-electron chi connectivity index (χ3n) is 14.0. The first-order valence-corrected chi connectivity index (χ1v) is 20.2. The summed E-state index contributed by atoms with van der Waals surface area (Å²) in [6.45, 7) is 11.3. The Morgan fingerprint density at radius 2 is 1.56 bits per heavy atom. The van der Waals surface area contributed by atoms with Gasteiger partial charge in [-0.15, -0.1) is 0 Å². The number of methoxy groups -OCH3 is 1. The quantitative estimate of drug-likeness (QED) is 0.409. The molecular weight excluding hydrogens is 670 g/mol. The predicted octanol–water partition coefficient (Wildman–Crippen LogP) is 3.44. The first kappa shape index (κ1) is 36.4. The van der Waals surface area contributed by atoms with Crippen molar-refractivity contribution in [2.24, 2.45) is 17.6 Å². The third kappa shape index (κ3) is 6.59. The average molecular weight is 730 g/mol. The van der Waals surface area contributed by atoms with Crippen LogP contribution in [0.4, 0.5) is 0 Å². The second-order valence-electron chi connectivity index (χ2n) is 17.4. The minimum atomic E-state index is -0.780. The van der Waals surface area contributed by atoms with Gasteiger partial charge < -0.3 is 53.5 Å². The van der Waals surface area contributed by atoms with Crippen molar-refractivity contribution in [3.8, 4) is 0 Å². The van der Waals surface area contributed by atoms with Crippen LogP contribution < -0.4 is 5.73 Å². The summed E-state index contributed by atoms with van der Waals surface area (Å²) >= 11 is 0. The average Bonchev–Trinajstić information content (AvgIpc) is 3.79. The van der Waals surface area contributed by atoms with E-state index in [1.165, 1.54) is 0 Å². The van der Waals surface area contributed by atoms with Crippen molar-refractivity contribution in [1.29, 1.82) is 0 Å². The molecule has 0 unspecified atom stereocenters. The SMILES string of the molecule is C=C1C[C@@H]2CC[C@]34C[C@H]5O[C@@H]6[C@@H](O[C@H]7CC[C@H](CC(=O)C[C@@H]8[C@@H](OC)[C@@H](C[C@H](O)CN)O[C@H]8C[C@H]8O[C@@H](CC[C@@H]1O2)C[C@@H](C)C8=C)O[C@@H]7[C@H]6O3)[C@H]5O4. The molecule has 0 amide bonds. The highest BCUT2D eigenvalue weighted by Gasteiger charge is 2.68. The lowest BCUT2D eigenvalue weighted by Crippen LogP contribution is -2.61. The zero-order chi connectivity index (χ0) is 35.9. The van der Waals surface area contributed by atoms with Crippen LogP contribution in [0.25, 0.3) is 0 Å². The fourth-order valence-corrected chi connectivity index (χ4v) is 11.3. The second-order valence-corrected chi connectivity index (χ2v) is 17.4. The number of ether oxygens (including phenoxy) is 9. The van der Waals surface area contributed by atoms with Crippen LogP contribution in [0.1, 0.15) is 90.4 Å². The van der Waals surface area contributed by atoms with Crippen molar-refractivity contribution in [2.75, 3.05) is 13.7 Å². The number of aliphatic hydroxyl groups excluding tert-OH is 1. The van der Waals surface area contributed by atoms with Gasteiger partial charge in [-0.05, 0) is 62.0 Å². The Balaban J connectivity index is 0.994. The van der Waals surface area contributed by atoms with Crippen molar-refractivity contribution in [3.63, 3.8) is 0 Å². The molecular formula is C40H59NO11. The Labute approximate surface area is 307 Å². The Bertz CT molecular complexity index is 1380. The molecule has 10 rings (SSSR count). The molecule has 1 spiro atoms. The number of rotatable bonds is 4. The number of hydrogen-bond donors (Lipinski definition) is 2. The molecule has 0 saturated carbocycles. The lowest BCUT2D eigenvalue weighted by atomic mass is 9.81. The van der Waals surface area contributed by atoms with Gasteiger partial charge in [0.1, 0.15) is 36.3 Å². The molecule has 10 heterocycles. The highest BCUT2D eigenvalue weighted by atomic mass is 16.8. The van der Waals surface area contributed by atoms with Gasteiger partial charge in [0.05, 0.1) is 67.1 Å². The molecule has 52 heavy (non-hydrogen) atoms. The molecule has 0 aliphatic carbocycles. The van der Waals surface area contributed by atoms with Crippen LogP contribution in [-0.4, -0.2) is 128 Å². The second kappa shape index (κ2) is 14.3. The number of fused-ring (bicyclic) bond motifs is 6. The van der Waals surface area contributed by atoms with Gasteiger partial charge >= 0.3 is 0 Å². The first-order valence-electron chi connectivity index (χ1n) is 20.2. The molecule has 12 nitrogen and oxygen atoms in total. The summed E-state index contributed by atoms with van der Waals surface area (Å²) < 4.78 is 60.0. The van der Waals surface area contributed by atoms with Gasteiger partial charge in [0, 0.05) is 58.1 Å². The number of ketones is 1. The van der Waals surface area contributed by atoms with Crippen molar-refractivity contribution < 1.29 is 52.5 Å². The van der Waals surface area contributed by atoms with E-state index in [1.54, 1.807) is 7.11 Å². The Morgan fingerprint density at radius 1 is 0.808 bits per heavy atom. The van der Waals surface area contributed by atoms with Crippen molar-refractivity contribution in [2.45, 2.75) is 194 Å². The molecule has 10 fully saturated rings. The van der Waals surface area contributed by atoms with E-state index in [0.29, 0.717) is 25.7 Å². The molecule has 10 saturated heterocycles. The zero-order valence-corrected chi connectivity index (χ0v) is 30.8. The number of nitrogens with two attached hydrogens (primary N) is 1. The van der Waals surface area contributed by atoms with E-state index in [4.69, 9.17) is 48.4 Å². The maximum atomic E-state index is 14.1. The van der Waals surface area contributed by atoms with Crippen molar-refractivity contribution in [3.05, 3.63) is 24.3 Å². The molecule has 0 aromatic rings. The third-order valence-corrected chi connectivity index (χ3v) is 14.0. The lowest BCUT2D eigenvalue weighted by molar-refractivity contribution is -0.292. The molecule has 10 aliphatic heterocycles. The van der Waals surface area contributed by atoms with Gasteiger partial charge in [-0.25, -0.2) is 0 Å². The minimum Gasteiger partial charge on any atom is -0.392 e. The molecule has 10 aliphatic rings. The Hall–Kier alpha value is -1.29. The number of hydrogen-bond acceptors (Lipinski definition) is 12. The summed E-state index contributed by atoms with van der Waals surface area (Å²) in [6, 6.07) is 0. The number of Topliss-reactive ketones (excluding diaryl/α,β-unsaturated/α-hetero) is 1. The van der Waals surface area contributed by atoms with E-state index in [9.17, 15) is 9.90 Å². The molecule has 3 N–H and O–H groups in total. The normalized spacial score (nSPS) is 52.4. The summed E-state index contributed by atoms with van der Waals surface area (Å²) in [5, 5.41) is 10.5. The summed E-state index contributed by atoms with van der Waals surface area (Å²) in [7, 11) is 1.66. The number of carbonyl (C=O) groups excluding carboxylic acids is 1. The van der Waals surface area contributed by atoms with Gasteiger partial charge in [0.15, 0.2) is 5.79 Å². The minimum absolute atomic E-state index is 0.0158. The maximum Gasteiger partial charge on any atom is 0.172 e. The van der Waals surface area contributed by atoms with E-state index < -0.39 is 18.0 Å². The van der Waals surface area contributed by atoms with Crippen LogP contribution in [0.2, 0.25) is 0 Å². The van der Waals surface area contributed by atoms with Crippen molar-refractivity contribution in [1.82, 2.24) is 0 Å². The fourth-order valence-electron chi connectivity index (χ4n) is 11.3. The van der Waals surface area contributed by atoms with Gasteiger partial charge in [0.2, 0.25) is 0 Å². The monoisotopic (exact) mass is 729 g/mol. The van der Waals surface area contributed by atoms with Crippen LogP contribution in [0.5, 0.6) is 0 Å². The summed E-state index contributed by atoms with van der Waals surface area (Å²) in [4.78, 5) is 14.1. The van der Waals surface area contributed by atoms with E-state index in [-0.39, 0.29) is 122 Å². The zero-order valence-electron chi connectivity index (χ0n) is 30.8. The van der Waals surface area contributed by atoms with Gasteiger partial charge in [-0.2, -0.15) is 0 Å². The lowest BCUT2D eigenvalue weighted by Gasteiger charge is -2.47. The summed E-state index contributed by atoms with van der Waals surface area (Å²) in [6.07, 6.45) is 4.85. The molecule has 12 bridgehead atoms. The molecule has 0 aromatic carbocycles. The van der Waals surface area contributed by atoms with Crippen LogP contribution in [-0.2, 0) is 47.4 Å². The largest absolute Gasteiger partial charge is 0.392 e. The van der Waals surface area contributed by atoms with E-state index >= 15 is 0 Å². The molecule has 0 aromatic heterocycles. The molecule has 290 valence electrons. The highest BCUT2D eigenvalue weighted by molar-refractivity contribution is 5.79. The van der Waals surface area contributed by atoms with Crippen LogP contribution in [0.3, 0.4) is 0 Å². The number of carbonyl (C=O) groups is 1. The van der Waals surface area contributed by atoms with Crippen LogP contribution in [0, 0.1) is 11.8 Å². The Kier molecular flexibility index (Phi) is 10.0. The topological polar surface area (TPSA) is 146 Å². The number of aliphatic hydroxyl groups is 1. The molecule has 0 radical (unpaired) electrons.